The maximum Gasteiger partial charge on any atom is 0.394 e. The van der Waals surface area contributed by atoms with Gasteiger partial charge in [-0.05, 0) is 35.4 Å². The Balaban J connectivity index is 1.22. The zero-order chi connectivity index (χ0) is 27.5. The van der Waals surface area contributed by atoms with Crippen LogP contribution < -0.4 is 15.4 Å². The Bertz CT molecular complexity index is 1580. The standard InChI is InChI=1S/C27H23N3O8S/c31-23(20-9-15-8-16(6-7-19(15)29-20)37-12-14-4-2-1-3-5-14)28-11-17-10-18-21(13-38-17)39-25(22(18)26(33)34)30-24(32)27(35)36/h1-9,17,29H,10-13H2,(H,28,31)(H,30,32)(H,33,34)(H,35,36). The zero-order valence-electron chi connectivity index (χ0n) is 20.4. The van der Waals surface area contributed by atoms with E-state index in [4.69, 9.17) is 14.6 Å². The molecule has 1 aliphatic heterocycles. The van der Waals surface area contributed by atoms with Crippen molar-refractivity contribution in [3.63, 3.8) is 0 Å². The Hall–Kier alpha value is -4.68. The smallest absolute Gasteiger partial charge is 0.394 e. The summed E-state index contributed by atoms with van der Waals surface area (Å²) in [6.07, 6.45) is -0.342. The topological polar surface area (TPSA) is 167 Å². The highest BCUT2D eigenvalue weighted by molar-refractivity contribution is 7.17. The van der Waals surface area contributed by atoms with Gasteiger partial charge in [-0.1, -0.05) is 30.3 Å². The first-order chi connectivity index (χ1) is 18.8. The lowest BCUT2D eigenvalue weighted by Gasteiger charge is -2.23. The Morgan fingerprint density at radius 3 is 2.62 bits per heavy atom. The number of nitrogens with one attached hydrogen (secondary N) is 3. The number of carbonyl (C=O) groups is 4. The number of hydrogen-bond acceptors (Lipinski definition) is 7. The van der Waals surface area contributed by atoms with Crippen molar-refractivity contribution in [3.05, 3.63) is 81.9 Å². The molecule has 5 N–H and O–H groups in total. The van der Waals surface area contributed by atoms with Crippen molar-refractivity contribution in [2.45, 2.75) is 25.7 Å². The van der Waals surface area contributed by atoms with Crippen LogP contribution in [0.5, 0.6) is 5.75 Å². The summed E-state index contributed by atoms with van der Waals surface area (Å²) in [7, 11) is 0. The molecule has 0 aliphatic carbocycles. The highest BCUT2D eigenvalue weighted by Gasteiger charge is 2.31. The lowest BCUT2D eigenvalue weighted by molar-refractivity contribution is -0.147. The summed E-state index contributed by atoms with van der Waals surface area (Å²) in [6, 6.07) is 17.0. The molecule has 12 heteroatoms. The maximum atomic E-state index is 12.8. The van der Waals surface area contributed by atoms with E-state index in [2.05, 4.69) is 15.6 Å². The highest BCUT2D eigenvalue weighted by atomic mass is 32.1. The van der Waals surface area contributed by atoms with Gasteiger partial charge in [0.05, 0.1) is 18.3 Å². The third kappa shape index (κ3) is 5.76. The van der Waals surface area contributed by atoms with Crippen LogP contribution in [0.25, 0.3) is 10.9 Å². The molecular weight excluding hydrogens is 526 g/mol. The Morgan fingerprint density at radius 2 is 1.87 bits per heavy atom. The van der Waals surface area contributed by atoms with Gasteiger partial charge in [-0.25, -0.2) is 9.59 Å². The van der Waals surface area contributed by atoms with Crippen LogP contribution in [0.3, 0.4) is 0 Å². The molecule has 1 unspecified atom stereocenters. The summed E-state index contributed by atoms with van der Waals surface area (Å²) in [4.78, 5) is 50.8. The van der Waals surface area contributed by atoms with E-state index in [1.165, 1.54) is 0 Å². The van der Waals surface area contributed by atoms with Gasteiger partial charge >= 0.3 is 17.8 Å². The molecule has 0 radical (unpaired) electrons. The molecule has 0 saturated carbocycles. The number of aromatic carboxylic acids is 1. The third-order valence-electron chi connectivity index (χ3n) is 6.18. The number of carboxylic acid groups (broad SMARTS) is 2. The number of H-pyrrole nitrogens is 1. The summed E-state index contributed by atoms with van der Waals surface area (Å²) >= 11 is 0.961. The Kier molecular flexibility index (Phi) is 7.30. The van der Waals surface area contributed by atoms with Gasteiger partial charge in [0.15, 0.2) is 0 Å². The molecule has 1 aliphatic rings. The molecule has 3 heterocycles. The van der Waals surface area contributed by atoms with E-state index in [0.29, 0.717) is 28.5 Å². The highest BCUT2D eigenvalue weighted by Crippen LogP contribution is 2.38. The van der Waals surface area contributed by atoms with Gasteiger partial charge in [-0.3, -0.25) is 9.59 Å². The van der Waals surface area contributed by atoms with Crippen LogP contribution in [0, 0.1) is 0 Å². The number of carboxylic acids is 2. The molecule has 2 aromatic carbocycles. The van der Waals surface area contributed by atoms with Crippen molar-refractivity contribution < 1.29 is 38.9 Å². The summed E-state index contributed by atoms with van der Waals surface area (Å²) in [5.74, 6) is -4.02. The summed E-state index contributed by atoms with van der Waals surface area (Å²) < 4.78 is 11.6. The number of aromatic amines is 1. The molecule has 2 amide bonds. The average Bonchev–Trinajstić information content (AvgIpc) is 3.51. The van der Waals surface area contributed by atoms with Gasteiger partial charge in [0.1, 0.15) is 23.1 Å². The van der Waals surface area contributed by atoms with Crippen LogP contribution in [0.2, 0.25) is 0 Å². The van der Waals surface area contributed by atoms with Crippen molar-refractivity contribution in [1.29, 1.82) is 0 Å². The minimum atomic E-state index is -1.72. The molecule has 0 spiro atoms. The van der Waals surface area contributed by atoms with Gasteiger partial charge in [0.25, 0.3) is 5.91 Å². The van der Waals surface area contributed by atoms with E-state index in [0.717, 1.165) is 27.8 Å². The Morgan fingerprint density at radius 1 is 1.08 bits per heavy atom. The molecule has 1 atom stereocenters. The first-order valence-corrected chi connectivity index (χ1v) is 12.7. The second-order valence-electron chi connectivity index (χ2n) is 8.83. The Labute approximate surface area is 225 Å². The minimum Gasteiger partial charge on any atom is -0.489 e. The van der Waals surface area contributed by atoms with Crippen LogP contribution in [0.1, 0.15) is 36.9 Å². The van der Waals surface area contributed by atoms with E-state index in [1.807, 2.05) is 48.5 Å². The maximum absolute atomic E-state index is 12.8. The largest absolute Gasteiger partial charge is 0.489 e. The van der Waals surface area contributed by atoms with E-state index in [1.54, 1.807) is 6.07 Å². The molecule has 0 bridgehead atoms. The number of fused-ring (bicyclic) bond motifs is 2. The molecule has 11 nitrogen and oxygen atoms in total. The zero-order valence-corrected chi connectivity index (χ0v) is 21.2. The second kappa shape index (κ2) is 11.0. The molecule has 0 saturated heterocycles. The lowest BCUT2D eigenvalue weighted by atomic mass is 10.0. The molecule has 39 heavy (non-hydrogen) atoms. The van der Waals surface area contributed by atoms with Crippen molar-refractivity contribution in [3.8, 4) is 5.75 Å². The van der Waals surface area contributed by atoms with Crippen molar-refractivity contribution >= 4 is 51.0 Å². The van der Waals surface area contributed by atoms with Crippen molar-refractivity contribution in [2.24, 2.45) is 0 Å². The predicted octanol–water partition coefficient (Wildman–Crippen LogP) is 3.40. The second-order valence-corrected chi connectivity index (χ2v) is 9.93. The van der Waals surface area contributed by atoms with E-state index >= 15 is 0 Å². The molecule has 0 fully saturated rings. The number of amides is 2. The van der Waals surface area contributed by atoms with E-state index in [-0.39, 0.29) is 36.0 Å². The van der Waals surface area contributed by atoms with Gasteiger partial charge < -0.3 is 35.3 Å². The van der Waals surface area contributed by atoms with Gasteiger partial charge in [-0.15, -0.1) is 11.3 Å². The van der Waals surface area contributed by atoms with Gasteiger partial charge in [0.2, 0.25) is 0 Å². The monoisotopic (exact) mass is 549 g/mol. The summed E-state index contributed by atoms with van der Waals surface area (Å²) in [5, 5.41) is 24.2. The predicted molar refractivity (Wildman–Crippen MR) is 141 cm³/mol. The number of aromatic nitrogens is 1. The van der Waals surface area contributed by atoms with Crippen LogP contribution in [-0.4, -0.2) is 51.6 Å². The molecular formula is C27H23N3O8S. The molecule has 5 rings (SSSR count). The van der Waals surface area contributed by atoms with Crippen LogP contribution >= 0.6 is 11.3 Å². The number of rotatable bonds is 8. The number of ether oxygens (including phenoxy) is 2. The van der Waals surface area contributed by atoms with Crippen LogP contribution in [-0.2, 0) is 34.0 Å². The van der Waals surface area contributed by atoms with E-state index < -0.39 is 23.9 Å². The number of benzene rings is 2. The minimum absolute atomic E-state index is 0.0571. The summed E-state index contributed by atoms with van der Waals surface area (Å²) in [5.41, 5.74) is 2.45. The van der Waals surface area contributed by atoms with Gasteiger partial charge in [0, 0.05) is 28.7 Å². The van der Waals surface area contributed by atoms with Crippen molar-refractivity contribution in [1.82, 2.24) is 10.3 Å². The summed E-state index contributed by atoms with van der Waals surface area (Å²) in [6.45, 7) is 0.612. The normalized spacial score (nSPS) is 14.4. The van der Waals surface area contributed by atoms with Crippen LogP contribution in [0.4, 0.5) is 5.00 Å². The number of thiophene rings is 1. The molecule has 4 aromatic rings. The number of aliphatic carboxylic acids is 1. The fourth-order valence-electron chi connectivity index (χ4n) is 4.29. The quantitative estimate of drug-likeness (QED) is 0.209. The average molecular weight is 550 g/mol. The fourth-order valence-corrected chi connectivity index (χ4v) is 5.43. The number of hydrogen-bond donors (Lipinski definition) is 5. The molecule has 2 aromatic heterocycles. The lowest BCUT2D eigenvalue weighted by Crippen LogP contribution is -2.37. The first kappa shape index (κ1) is 25.9. The van der Waals surface area contributed by atoms with Crippen molar-refractivity contribution in [2.75, 3.05) is 11.9 Å². The number of carbonyl (C=O) groups excluding carboxylic acids is 2. The van der Waals surface area contributed by atoms with E-state index in [9.17, 15) is 24.3 Å². The SMILES string of the molecule is O=C(O)C(=O)Nc1sc2c(c1C(=O)O)CC(CNC(=O)c1cc3cc(OCc4ccccc4)ccc3[nH]1)OC2. The fraction of sp³-hybridized carbons (Fsp3) is 0.185. The molecule has 200 valence electrons. The number of anilines is 1. The first-order valence-electron chi connectivity index (χ1n) is 11.9. The van der Waals surface area contributed by atoms with Crippen LogP contribution in [0.15, 0.2) is 54.6 Å². The third-order valence-corrected chi connectivity index (χ3v) is 7.30. The van der Waals surface area contributed by atoms with Gasteiger partial charge in [-0.2, -0.15) is 0 Å².